The van der Waals surface area contributed by atoms with Crippen LogP contribution in [0.4, 0.5) is 0 Å². The summed E-state index contributed by atoms with van der Waals surface area (Å²) >= 11 is 0. The zero-order valence-corrected chi connectivity index (χ0v) is 10.1. The van der Waals surface area contributed by atoms with Gasteiger partial charge in [0, 0.05) is 0 Å². The fraction of sp³-hybridized carbons (Fsp3) is 0.600. The van der Waals surface area contributed by atoms with E-state index < -0.39 is 0 Å². The zero-order chi connectivity index (χ0) is 10.6. The van der Waals surface area contributed by atoms with E-state index in [1.807, 2.05) is 0 Å². The van der Waals surface area contributed by atoms with Gasteiger partial charge in [0.2, 0.25) is 0 Å². The van der Waals surface area contributed by atoms with E-state index in [0.29, 0.717) is 5.41 Å². The Morgan fingerprint density at radius 1 is 0.867 bits per heavy atom. The molecule has 3 rings (SSSR count). The van der Waals surface area contributed by atoms with Crippen LogP contribution in [0.15, 0.2) is 6.07 Å². The summed E-state index contributed by atoms with van der Waals surface area (Å²) in [4.78, 5) is 0. The molecule has 2 aliphatic rings. The summed E-state index contributed by atoms with van der Waals surface area (Å²) < 4.78 is 0. The Hall–Kier alpha value is -0.780. The molecule has 0 heteroatoms. The number of hydrogen-bond donors (Lipinski definition) is 0. The number of aryl methyl sites for hydroxylation is 2. The fourth-order valence-corrected chi connectivity index (χ4v) is 3.35. The molecule has 1 aromatic carbocycles. The topological polar surface area (TPSA) is 0 Å². The molecule has 1 aromatic rings. The summed E-state index contributed by atoms with van der Waals surface area (Å²) in [5.41, 5.74) is 8.78. The van der Waals surface area contributed by atoms with Crippen LogP contribution >= 0.6 is 0 Å². The first-order valence-corrected chi connectivity index (χ1v) is 6.24. The maximum atomic E-state index is 2.50. The van der Waals surface area contributed by atoms with Crippen LogP contribution in [0.2, 0.25) is 0 Å². The van der Waals surface area contributed by atoms with E-state index in [0.717, 1.165) is 0 Å². The molecule has 0 unspecified atom stereocenters. The molecular formula is C15H20. The highest BCUT2D eigenvalue weighted by Crippen LogP contribution is 2.41. The van der Waals surface area contributed by atoms with E-state index in [2.05, 4.69) is 26.8 Å². The van der Waals surface area contributed by atoms with Crippen molar-refractivity contribution in [3.05, 3.63) is 33.9 Å². The van der Waals surface area contributed by atoms with E-state index in [4.69, 9.17) is 0 Å². The Balaban J connectivity index is 2.27. The zero-order valence-electron chi connectivity index (χ0n) is 10.1. The van der Waals surface area contributed by atoms with Crippen molar-refractivity contribution < 1.29 is 0 Å². The van der Waals surface area contributed by atoms with E-state index in [1.54, 1.807) is 27.8 Å². The van der Waals surface area contributed by atoms with Gasteiger partial charge in [0.05, 0.1) is 0 Å². The second-order valence-corrected chi connectivity index (χ2v) is 6.13. The van der Waals surface area contributed by atoms with Crippen LogP contribution in [0, 0.1) is 0 Å². The Bertz CT molecular complexity index is 419. The van der Waals surface area contributed by atoms with Crippen LogP contribution in [0.1, 0.15) is 55.0 Å². The highest BCUT2D eigenvalue weighted by Gasteiger charge is 2.30. The first-order chi connectivity index (χ1) is 7.07. The van der Waals surface area contributed by atoms with Crippen LogP contribution in [-0.4, -0.2) is 0 Å². The maximum absolute atomic E-state index is 2.50. The van der Waals surface area contributed by atoms with Crippen LogP contribution < -0.4 is 0 Å². The molecule has 0 spiro atoms. The summed E-state index contributed by atoms with van der Waals surface area (Å²) in [7, 11) is 0. The lowest BCUT2D eigenvalue weighted by Gasteiger charge is -2.33. The van der Waals surface area contributed by atoms with Crippen molar-refractivity contribution in [2.24, 2.45) is 0 Å². The number of rotatable bonds is 0. The van der Waals surface area contributed by atoms with Gasteiger partial charge in [0.25, 0.3) is 0 Å². The highest BCUT2D eigenvalue weighted by molar-refractivity contribution is 5.54. The third kappa shape index (κ3) is 1.27. The molecule has 0 saturated heterocycles. The Morgan fingerprint density at radius 3 is 2.13 bits per heavy atom. The van der Waals surface area contributed by atoms with Gasteiger partial charge in [-0.2, -0.15) is 0 Å². The van der Waals surface area contributed by atoms with E-state index in [1.165, 1.54) is 32.1 Å². The fourth-order valence-electron chi connectivity index (χ4n) is 3.35. The largest absolute Gasteiger partial charge is 0.0561 e. The molecule has 2 aliphatic carbocycles. The molecule has 0 atom stereocenters. The number of benzene rings is 1. The van der Waals surface area contributed by atoms with Gasteiger partial charge in [-0.1, -0.05) is 26.8 Å². The van der Waals surface area contributed by atoms with Crippen LogP contribution in [-0.2, 0) is 31.1 Å². The van der Waals surface area contributed by atoms with Gasteiger partial charge in [0.1, 0.15) is 0 Å². The van der Waals surface area contributed by atoms with E-state index in [9.17, 15) is 0 Å². The maximum Gasteiger partial charge on any atom is -0.0126 e. The molecule has 0 aromatic heterocycles. The Kier molecular flexibility index (Phi) is 1.81. The monoisotopic (exact) mass is 200 g/mol. The summed E-state index contributed by atoms with van der Waals surface area (Å²) in [6, 6.07) is 2.50. The quantitative estimate of drug-likeness (QED) is 0.600. The average Bonchev–Trinajstić information content (AvgIpc) is 2.53. The third-order valence-corrected chi connectivity index (χ3v) is 3.99. The molecule has 0 amide bonds. The van der Waals surface area contributed by atoms with E-state index in [-0.39, 0.29) is 0 Å². The second kappa shape index (κ2) is 2.87. The van der Waals surface area contributed by atoms with Crippen molar-refractivity contribution in [3.63, 3.8) is 0 Å². The van der Waals surface area contributed by atoms with Gasteiger partial charge < -0.3 is 0 Å². The minimum atomic E-state index is 0.347. The summed E-state index contributed by atoms with van der Waals surface area (Å²) in [5.74, 6) is 0. The number of hydrogen-bond acceptors (Lipinski definition) is 0. The lowest BCUT2D eigenvalue weighted by molar-refractivity contribution is 0.565. The normalized spacial score (nSPS) is 18.3. The summed E-state index contributed by atoms with van der Waals surface area (Å²) in [6.45, 7) is 7.12. The molecule has 0 saturated carbocycles. The lowest BCUT2D eigenvalue weighted by atomic mass is 9.72. The van der Waals surface area contributed by atoms with Crippen molar-refractivity contribution >= 4 is 0 Å². The van der Waals surface area contributed by atoms with Crippen LogP contribution in [0.5, 0.6) is 0 Å². The molecule has 80 valence electrons. The molecule has 0 nitrogen and oxygen atoms in total. The van der Waals surface area contributed by atoms with Gasteiger partial charge in [-0.25, -0.2) is 0 Å². The standard InChI is InChI=1S/C15H20/c1-15(2,3)14-12-6-4-5-10(12)9-11-7-8-13(11)14/h9H,4-8H2,1-3H3. The molecule has 0 radical (unpaired) electrons. The molecule has 15 heavy (non-hydrogen) atoms. The minimum Gasteiger partial charge on any atom is -0.0561 e. The van der Waals surface area contributed by atoms with Crippen molar-refractivity contribution in [2.75, 3.05) is 0 Å². The highest BCUT2D eigenvalue weighted by atomic mass is 14.3. The first-order valence-electron chi connectivity index (χ1n) is 6.24. The molecule has 0 aliphatic heterocycles. The van der Waals surface area contributed by atoms with Crippen molar-refractivity contribution in [3.8, 4) is 0 Å². The van der Waals surface area contributed by atoms with E-state index >= 15 is 0 Å². The molecule has 0 bridgehead atoms. The van der Waals surface area contributed by atoms with Gasteiger partial charge in [-0.15, -0.1) is 0 Å². The smallest absolute Gasteiger partial charge is 0.0126 e. The van der Waals surface area contributed by atoms with Crippen molar-refractivity contribution in [1.29, 1.82) is 0 Å². The van der Waals surface area contributed by atoms with Gasteiger partial charge in [-0.05, 0) is 65.3 Å². The van der Waals surface area contributed by atoms with Gasteiger partial charge >= 0.3 is 0 Å². The van der Waals surface area contributed by atoms with Gasteiger partial charge in [0.15, 0.2) is 0 Å². The predicted octanol–water partition coefficient (Wildman–Crippen LogP) is 3.57. The van der Waals surface area contributed by atoms with Gasteiger partial charge in [-0.3, -0.25) is 0 Å². The summed E-state index contributed by atoms with van der Waals surface area (Å²) in [6.07, 6.45) is 6.68. The Labute approximate surface area is 92.7 Å². The predicted molar refractivity (Wildman–Crippen MR) is 64.6 cm³/mol. The molecule has 0 heterocycles. The minimum absolute atomic E-state index is 0.347. The lowest BCUT2D eigenvalue weighted by Crippen LogP contribution is -2.23. The molecule has 0 fully saturated rings. The number of fused-ring (bicyclic) bond motifs is 2. The van der Waals surface area contributed by atoms with Crippen molar-refractivity contribution in [2.45, 2.75) is 58.3 Å². The Morgan fingerprint density at radius 2 is 1.53 bits per heavy atom. The average molecular weight is 200 g/mol. The molecular weight excluding hydrogens is 180 g/mol. The summed E-state index contributed by atoms with van der Waals surface area (Å²) in [5, 5.41) is 0. The third-order valence-electron chi connectivity index (χ3n) is 3.99. The van der Waals surface area contributed by atoms with Crippen LogP contribution in [0.3, 0.4) is 0 Å². The first kappa shape index (κ1) is 9.45. The van der Waals surface area contributed by atoms with Crippen molar-refractivity contribution in [1.82, 2.24) is 0 Å². The molecule has 0 N–H and O–H groups in total. The second-order valence-electron chi connectivity index (χ2n) is 6.13. The van der Waals surface area contributed by atoms with Crippen LogP contribution in [0.25, 0.3) is 0 Å². The SMILES string of the molecule is CC(C)(C)c1c2c(cc3c1CC3)CCC2.